The lowest BCUT2D eigenvalue weighted by atomic mass is 10.1. The molecule has 6 N–H and O–H groups in total. The Balaban J connectivity index is 2.02. The van der Waals surface area contributed by atoms with Crippen LogP contribution in [0.5, 0.6) is 5.75 Å². The minimum Gasteiger partial charge on any atom is -0.496 e. The number of hydrogen-bond acceptors (Lipinski definition) is 7. The number of benzene rings is 1. The molecule has 0 aliphatic carbocycles. The molecule has 0 aromatic heterocycles. The summed E-state index contributed by atoms with van der Waals surface area (Å²) in [4.78, 5) is 0. The zero-order chi connectivity index (χ0) is 18.2. The van der Waals surface area contributed by atoms with Crippen LogP contribution in [0, 0.1) is 0 Å². The molecule has 1 aromatic carbocycles. The van der Waals surface area contributed by atoms with Crippen LogP contribution in [0.15, 0.2) is 18.2 Å². The van der Waals surface area contributed by atoms with E-state index in [1.165, 1.54) is 0 Å². The van der Waals surface area contributed by atoms with Gasteiger partial charge in [0.05, 0.1) is 13.3 Å². The Labute approximate surface area is 151 Å². The monoisotopic (exact) mass is 350 g/mol. The van der Waals surface area contributed by atoms with Crippen molar-refractivity contribution < 1.29 is 4.74 Å². The molecule has 1 heterocycles. The second-order valence-electron chi connectivity index (χ2n) is 6.75. The van der Waals surface area contributed by atoms with Gasteiger partial charge in [-0.1, -0.05) is 0 Å². The van der Waals surface area contributed by atoms with Crippen molar-refractivity contribution in [2.75, 3.05) is 33.1 Å². The molecule has 1 fully saturated rings. The van der Waals surface area contributed by atoms with E-state index in [1.54, 1.807) is 7.11 Å². The Bertz CT molecular complexity index is 526. The van der Waals surface area contributed by atoms with Crippen LogP contribution in [0.25, 0.3) is 0 Å². The van der Waals surface area contributed by atoms with Gasteiger partial charge in [-0.05, 0) is 52.6 Å². The van der Waals surface area contributed by atoms with Crippen LogP contribution in [0.3, 0.4) is 0 Å². The first-order valence-corrected chi connectivity index (χ1v) is 9.06. The summed E-state index contributed by atoms with van der Waals surface area (Å²) < 4.78 is 5.51. The maximum Gasteiger partial charge on any atom is 0.133 e. The number of anilines is 1. The van der Waals surface area contributed by atoms with Crippen molar-refractivity contribution in [2.45, 2.75) is 51.4 Å². The first-order valence-electron chi connectivity index (χ1n) is 9.06. The highest BCUT2D eigenvalue weighted by molar-refractivity contribution is 5.51. The Kier molecular flexibility index (Phi) is 7.92. The summed E-state index contributed by atoms with van der Waals surface area (Å²) in [5, 5.41) is 20.6. The third-order valence-electron chi connectivity index (χ3n) is 4.50. The lowest BCUT2D eigenvalue weighted by molar-refractivity contribution is 0.249. The van der Waals surface area contributed by atoms with Gasteiger partial charge in [0.25, 0.3) is 0 Å². The molecule has 7 nitrogen and oxygen atoms in total. The van der Waals surface area contributed by atoms with Crippen molar-refractivity contribution in [1.82, 2.24) is 26.6 Å². The van der Waals surface area contributed by atoms with Gasteiger partial charge in [-0.2, -0.15) is 0 Å². The number of likely N-dealkylation sites (N-methyl/N-ethyl adjacent to an activating group) is 1. The van der Waals surface area contributed by atoms with Gasteiger partial charge in [0.15, 0.2) is 0 Å². The van der Waals surface area contributed by atoms with Gasteiger partial charge in [-0.25, -0.2) is 0 Å². The molecule has 0 amide bonds. The Morgan fingerprint density at radius 1 is 1.28 bits per heavy atom. The maximum atomic E-state index is 5.51. The van der Waals surface area contributed by atoms with Gasteiger partial charge in [-0.3, -0.25) is 10.6 Å². The van der Waals surface area contributed by atoms with E-state index in [2.05, 4.69) is 57.9 Å². The molecule has 2 rings (SSSR count). The molecule has 7 heteroatoms. The van der Waals surface area contributed by atoms with Crippen molar-refractivity contribution in [3.63, 3.8) is 0 Å². The standard InChI is InChI=1S/C18H34N6O/c1-12-8-17(20-4)24-18(22-12)23-15-6-7-16(25-5)14(9-15)11-21-13(2)10-19-3/h6-7,9,12-13,17-24H,8,10-11H2,1-5H3. The number of ether oxygens (including phenoxy) is 1. The Morgan fingerprint density at radius 3 is 2.76 bits per heavy atom. The van der Waals surface area contributed by atoms with Crippen LogP contribution in [-0.4, -0.2) is 52.3 Å². The van der Waals surface area contributed by atoms with E-state index < -0.39 is 0 Å². The summed E-state index contributed by atoms with van der Waals surface area (Å²) in [5.41, 5.74) is 2.21. The molecule has 0 radical (unpaired) electrons. The lowest BCUT2D eigenvalue weighted by Crippen LogP contribution is -2.63. The highest BCUT2D eigenvalue weighted by Gasteiger charge is 2.23. The van der Waals surface area contributed by atoms with E-state index in [0.717, 1.165) is 36.5 Å². The number of hydrogen-bond donors (Lipinski definition) is 6. The summed E-state index contributed by atoms with van der Waals surface area (Å²) in [5.74, 6) is 0.903. The van der Waals surface area contributed by atoms with Crippen LogP contribution in [0.1, 0.15) is 25.8 Å². The molecular formula is C18H34N6O. The van der Waals surface area contributed by atoms with Gasteiger partial charge >= 0.3 is 0 Å². The number of nitrogens with one attached hydrogen (secondary N) is 6. The van der Waals surface area contributed by atoms with Gasteiger partial charge in [-0.15, -0.1) is 0 Å². The number of rotatable bonds is 9. The number of methoxy groups -OCH3 is 1. The Hall–Kier alpha value is -1.38. The van der Waals surface area contributed by atoms with Crippen LogP contribution in [0.2, 0.25) is 0 Å². The van der Waals surface area contributed by atoms with Crippen LogP contribution < -0.4 is 36.6 Å². The average Bonchev–Trinajstić information content (AvgIpc) is 2.60. The smallest absolute Gasteiger partial charge is 0.133 e. The molecule has 0 bridgehead atoms. The molecule has 4 atom stereocenters. The molecule has 1 aromatic rings. The minimum atomic E-state index is 0.0265. The SMILES string of the molecule is CNCC(C)NCc1cc(NC2NC(C)CC(NC)N2)ccc1OC. The van der Waals surface area contributed by atoms with Crippen molar-refractivity contribution >= 4 is 5.69 Å². The maximum absolute atomic E-state index is 5.51. The highest BCUT2D eigenvalue weighted by Crippen LogP contribution is 2.23. The minimum absolute atomic E-state index is 0.0265. The van der Waals surface area contributed by atoms with Gasteiger partial charge in [0, 0.05) is 36.4 Å². The molecule has 4 unspecified atom stereocenters. The van der Waals surface area contributed by atoms with E-state index in [1.807, 2.05) is 20.2 Å². The summed E-state index contributed by atoms with van der Waals surface area (Å²) in [6, 6.07) is 7.05. The van der Waals surface area contributed by atoms with E-state index in [9.17, 15) is 0 Å². The predicted octanol–water partition coefficient (Wildman–Crippen LogP) is 0.605. The van der Waals surface area contributed by atoms with Crippen LogP contribution in [-0.2, 0) is 6.54 Å². The summed E-state index contributed by atoms with van der Waals surface area (Å²) in [6.07, 6.45) is 1.38. The van der Waals surface area contributed by atoms with Gasteiger partial charge in [0.2, 0.25) is 0 Å². The first-order chi connectivity index (χ1) is 12.0. The third-order valence-corrected chi connectivity index (χ3v) is 4.50. The van der Waals surface area contributed by atoms with Crippen molar-refractivity contribution in [2.24, 2.45) is 0 Å². The fraction of sp³-hybridized carbons (Fsp3) is 0.667. The summed E-state index contributed by atoms with van der Waals surface area (Å²) >= 11 is 0. The Morgan fingerprint density at radius 2 is 2.08 bits per heavy atom. The first kappa shape index (κ1) is 19.9. The van der Waals surface area contributed by atoms with E-state index >= 15 is 0 Å². The molecule has 1 saturated heterocycles. The van der Waals surface area contributed by atoms with E-state index in [0.29, 0.717) is 18.2 Å². The molecule has 25 heavy (non-hydrogen) atoms. The molecule has 1 aliphatic heterocycles. The van der Waals surface area contributed by atoms with Crippen molar-refractivity contribution in [3.8, 4) is 5.75 Å². The average molecular weight is 351 g/mol. The fourth-order valence-electron chi connectivity index (χ4n) is 3.14. The largest absolute Gasteiger partial charge is 0.496 e. The lowest BCUT2D eigenvalue weighted by Gasteiger charge is -2.36. The second-order valence-corrected chi connectivity index (χ2v) is 6.75. The predicted molar refractivity (Wildman–Crippen MR) is 104 cm³/mol. The molecule has 0 spiro atoms. The third kappa shape index (κ3) is 6.13. The molecule has 0 saturated carbocycles. The van der Waals surface area contributed by atoms with Crippen LogP contribution in [0.4, 0.5) is 5.69 Å². The van der Waals surface area contributed by atoms with Crippen molar-refractivity contribution in [1.29, 1.82) is 0 Å². The van der Waals surface area contributed by atoms with Crippen LogP contribution >= 0.6 is 0 Å². The zero-order valence-electron chi connectivity index (χ0n) is 16.1. The highest BCUT2D eigenvalue weighted by atomic mass is 16.5. The molecular weight excluding hydrogens is 316 g/mol. The topological polar surface area (TPSA) is 81.4 Å². The quantitative estimate of drug-likeness (QED) is 0.389. The zero-order valence-corrected chi connectivity index (χ0v) is 16.1. The molecule has 142 valence electrons. The van der Waals surface area contributed by atoms with Crippen molar-refractivity contribution in [3.05, 3.63) is 23.8 Å². The summed E-state index contributed by atoms with van der Waals surface area (Å²) in [7, 11) is 5.66. The van der Waals surface area contributed by atoms with Gasteiger partial charge < -0.3 is 26.0 Å². The fourth-order valence-corrected chi connectivity index (χ4v) is 3.14. The van der Waals surface area contributed by atoms with Gasteiger partial charge in [0.1, 0.15) is 12.0 Å². The molecule has 1 aliphatic rings. The van der Waals surface area contributed by atoms with E-state index in [4.69, 9.17) is 4.74 Å². The normalized spacial score (nSPS) is 24.8. The second kappa shape index (κ2) is 9.94. The van der Waals surface area contributed by atoms with E-state index in [-0.39, 0.29) is 6.29 Å². The summed E-state index contributed by atoms with van der Waals surface area (Å²) in [6.45, 7) is 6.06.